The number of fused-ring (bicyclic) bond motifs is 4. The highest BCUT2D eigenvalue weighted by molar-refractivity contribution is 5.08. The zero-order valence-corrected chi connectivity index (χ0v) is 10.9. The van der Waals surface area contributed by atoms with Crippen molar-refractivity contribution in [1.82, 2.24) is 0 Å². The van der Waals surface area contributed by atoms with Crippen LogP contribution in [0.5, 0.6) is 0 Å². The van der Waals surface area contributed by atoms with Gasteiger partial charge in [0.15, 0.2) is 0 Å². The van der Waals surface area contributed by atoms with Gasteiger partial charge in [0.25, 0.3) is 0 Å². The summed E-state index contributed by atoms with van der Waals surface area (Å²) in [6.07, 6.45) is 13.9. The molecule has 0 saturated heterocycles. The van der Waals surface area contributed by atoms with Crippen LogP contribution in [0.1, 0.15) is 52.4 Å². The lowest BCUT2D eigenvalue weighted by atomic mass is 9.91. The zero-order chi connectivity index (χ0) is 11.1. The molecule has 4 rings (SSSR count). The van der Waals surface area contributed by atoms with Crippen molar-refractivity contribution in [3.8, 4) is 0 Å². The van der Waals surface area contributed by atoms with E-state index in [1.54, 1.807) is 25.7 Å². The van der Waals surface area contributed by atoms with Crippen molar-refractivity contribution < 1.29 is 0 Å². The summed E-state index contributed by atoms with van der Waals surface area (Å²) >= 11 is 0. The van der Waals surface area contributed by atoms with Crippen LogP contribution in [0, 0.1) is 35.5 Å². The van der Waals surface area contributed by atoms with Crippen LogP contribution in [0.25, 0.3) is 0 Å². The largest absolute Gasteiger partial charge is 0.0851 e. The molecule has 0 aromatic carbocycles. The third-order valence-corrected chi connectivity index (χ3v) is 5.70. The van der Waals surface area contributed by atoms with Crippen LogP contribution in [0.2, 0.25) is 0 Å². The quantitative estimate of drug-likeness (QED) is 0.519. The van der Waals surface area contributed by atoms with Crippen LogP contribution in [-0.4, -0.2) is 0 Å². The molecule has 0 aliphatic heterocycles. The van der Waals surface area contributed by atoms with Crippen molar-refractivity contribution in [3.05, 3.63) is 12.2 Å². The Morgan fingerprint density at radius 2 is 1.69 bits per heavy atom. The standard InChI is InChI=1S/C8H14.C8H12/c2*1-6-4-7-2-3-8(6)5-7/h6-8H,2-5H2,1H3;2-3,6-8H,4-5H2,1H3. The van der Waals surface area contributed by atoms with Crippen molar-refractivity contribution in [3.63, 3.8) is 0 Å². The van der Waals surface area contributed by atoms with Crippen LogP contribution in [-0.2, 0) is 0 Å². The van der Waals surface area contributed by atoms with Gasteiger partial charge in [0, 0.05) is 0 Å². The van der Waals surface area contributed by atoms with E-state index in [2.05, 4.69) is 26.0 Å². The monoisotopic (exact) mass is 218 g/mol. The molecule has 0 aromatic rings. The summed E-state index contributed by atoms with van der Waals surface area (Å²) in [5, 5.41) is 0. The molecule has 3 saturated carbocycles. The van der Waals surface area contributed by atoms with E-state index in [9.17, 15) is 0 Å². The van der Waals surface area contributed by atoms with Crippen LogP contribution < -0.4 is 0 Å². The molecule has 0 N–H and O–H groups in total. The molecule has 3 fully saturated rings. The third kappa shape index (κ3) is 1.96. The molecular formula is C16H26. The first-order valence-corrected chi connectivity index (χ1v) is 7.40. The molecule has 0 heterocycles. The molecule has 4 aliphatic carbocycles. The first-order chi connectivity index (χ1) is 7.72. The Balaban J connectivity index is 0.000000101. The highest BCUT2D eigenvalue weighted by Gasteiger charge is 2.36. The highest BCUT2D eigenvalue weighted by atomic mass is 14.4. The lowest BCUT2D eigenvalue weighted by molar-refractivity contribution is 0.360. The van der Waals surface area contributed by atoms with Crippen molar-refractivity contribution in [2.24, 2.45) is 35.5 Å². The van der Waals surface area contributed by atoms with Gasteiger partial charge in [-0.2, -0.15) is 0 Å². The summed E-state index contributed by atoms with van der Waals surface area (Å²) in [6.45, 7) is 4.79. The van der Waals surface area contributed by atoms with E-state index in [4.69, 9.17) is 0 Å². The van der Waals surface area contributed by atoms with Gasteiger partial charge in [-0.05, 0) is 67.6 Å². The Kier molecular flexibility index (Phi) is 2.85. The van der Waals surface area contributed by atoms with Gasteiger partial charge in [0.1, 0.15) is 0 Å². The number of rotatable bonds is 0. The predicted octanol–water partition coefficient (Wildman–Crippen LogP) is 4.66. The van der Waals surface area contributed by atoms with Gasteiger partial charge in [-0.1, -0.05) is 32.4 Å². The highest BCUT2D eigenvalue weighted by Crippen LogP contribution is 2.47. The van der Waals surface area contributed by atoms with E-state index in [0.29, 0.717) is 0 Å². The van der Waals surface area contributed by atoms with Crippen molar-refractivity contribution >= 4 is 0 Å². The molecule has 0 radical (unpaired) electrons. The molecule has 0 nitrogen and oxygen atoms in total. The molecular weight excluding hydrogens is 192 g/mol. The average Bonchev–Trinajstić information content (AvgIpc) is 2.94. The lowest BCUT2D eigenvalue weighted by Gasteiger charge is -2.15. The van der Waals surface area contributed by atoms with E-state index in [1.807, 2.05) is 0 Å². The third-order valence-electron chi connectivity index (χ3n) is 5.70. The second-order valence-corrected chi connectivity index (χ2v) is 6.91. The van der Waals surface area contributed by atoms with E-state index in [1.165, 1.54) is 12.8 Å². The van der Waals surface area contributed by atoms with Gasteiger partial charge >= 0.3 is 0 Å². The number of hydrogen-bond donors (Lipinski definition) is 0. The van der Waals surface area contributed by atoms with Gasteiger partial charge in [-0.3, -0.25) is 0 Å². The molecule has 0 spiro atoms. The maximum Gasteiger partial charge on any atom is -0.0202 e. The summed E-state index contributed by atoms with van der Waals surface area (Å²) in [7, 11) is 0. The first kappa shape index (κ1) is 10.9. The number of hydrogen-bond acceptors (Lipinski definition) is 0. The molecule has 6 atom stereocenters. The van der Waals surface area contributed by atoms with Crippen LogP contribution in [0.4, 0.5) is 0 Å². The Morgan fingerprint density at radius 3 is 1.94 bits per heavy atom. The predicted molar refractivity (Wildman–Crippen MR) is 69.1 cm³/mol. The average molecular weight is 218 g/mol. The normalized spacial score (nSPS) is 51.9. The summed E-state index contributed by atoms with van der Waals surface area (Å²) in [5.41, 5.74) is 0. The summed E-state index contributed by atoms with van der Waals surface area (Å²) in [4.78, 5) is 0. The second kappa shape index (κ2) is 4.20. The minimum absolute atomic E-state index is 0.958. The van der Waals surface area contributed by atoms with Crippen LogP contribution in [0.3, 0.4) is 0 Å². The summed E-state index contributed by atoms with van der Waals surface area (Å²) in [5.74, 6) is 6.28. The minimum atomic E-state index is 0.958. The maximum atomic E-state index is 2.42. The van der Waals surface area contributed by atoms with E-state index < -0.39 is 0 Å². The van der Waals surface area contributed by atoms with Gasteiger partial charge < -0.3 is 0 Å². The smallest absolute Gasteiger partial charge is 0.0202 e. The van der Waals surface area contributed by atoms with Crippen LogP contribution >= 0.6 is 0 Å². The van der Waals surface area contributed by atoms with Crippen LogP contribution in [0.15, 0.2) is 12.2 Å². The van der Waals surface area contributed by atoms with Crippen molar-refractivity contribution in [1.29, 1.82) is 0 Å². The van der Waals surface area contributed by atoms with E-state index >= 15 is 0 Å². The Hall–Kier alpha value is -0.260. The fourth-order valence-electron chi connectivity index (χ4n) is 4.62. The maximum absolute atomic E-state index is 2.42. The molecule has 4 bridgehead atoms. The summed E-state index contributed by atoms with van der Waals surface area (Å²) in [6, 6.07) is 0. The fourth-order valence-corrected chi connectivity index (χ4v) is 4.62. The molecule has 90 valence electrons. The molecule has 16 heavy (non-hydrogen) atoms. The Bertz CT molecular complexity index is 276. The number of allylic oxidation sites excluding steroid dienone is 2. The Morgan fingerprint density at radius 1 is 0.812 bits per heavy atom. The van der Waals surface area contributed by atoms with Gasteiger partial charge in [-0.15, -0.1) is 0 Å². The van der Waals surface area contributed by atoms with Gasteiger partial charge in [0.2, 0.25) is 0 Å². The van der Waals surface area contributed by atoms with E-state index in [-0.39, 0.29) is 0 Å². The fraction of sp³-hybridized carbons (Fsp3) is 0.875. The molecule has 0 amide bonds. The van der Waals surface area contributed by atoms with Gasteiger partial charge in [-0.25, -0.2) is 0 Å². The SMILES string of the molecule is CC1CC2C=CC1C2.CC1CC2CCC1C2. The Labute approximate surface area is 101 Å². The molecule has 4 aliphatic rings. The van der Waals surface area contributed by atoms with Gasteiger partial charge in [0.05, 0.1) is 0 Å². The topological polar surface area (TPSA) is 0 Å². The van der Waals surface area contributed by atoms with E-state index in [0.717, 1.165) is 35.5 Å². The second-order valence-electron chi connectivity index (χ2n) is 6.91. The molecule has 0 heteroatoms. The molecule has 0 aromatic heterocycles. The summed E-state index contributed by atoms with van der Waals surface area (Å²) < 4.78 is 0. The molecule has 6 unspecified atom stereocenters. The minimum Gasteiger partial charge on any atom is -0.0851 e. The first-order valence-electron chi connectivity index (χ1n) is 7.40. The van der Waals surface area contributed by atoms with Crippen molar-refractivity contribution in [2.45, 2.75) is 52.4 Å². The van der Waals surface area contributed by atoms with Crippen molar-refractivity contribution in [2.75, 3.05) is 0 Å². The zero-order valence-electron chi connectivity index (χ0n) is 10.9. The lowest BCUT2D eigenvalue weighted by Crippen LogP contribution is -2.04.